The van der Waals surface area contributed by atoms with Gasteiger partial charge >= 0.3 is 11.7 Å². The van der Waals surface area contributed by atoms with Crippen LogP contribution in [0.2, 0.25) is 0 Å². The quantitative estimate of drug-likeness (QED) is 0.886. The van der Waals surface area contributed by atoms with Gasteiger partial charge in [0.05, 0.1) is 11.0 Å². The highest BCUT2D eigenvalue weighted by Crippen LogP contribution is 2.28. The molecule has 2 N–H and O–H groups in total. The number of carbonyl (C=O) groups is 1. The van der Waals surface area contributed by atoms with Gasteiger partial charge in [-0.1, -0.05) is 25.0 Å². The largest absolute Gasteiger partial charge is 0.335 e. The molecule has 2 aromatic rings. The van der Waals surface area contributed by atoms with Crippen molar-refractivity contribution in [3.05, 3.63) is 34.7 Å². The molecule has 2 amide bonds. The fourth-order valence-corrected chi connectivity index (χ4v) is 4.63. The normalized spacial score (nSPS) is 20.6. The second-order valence-corrected chi connectivity index (χ2v) is 7.82. The molecule has 0 radical (unpaired) electrons. The van der Waals surface area contributed by atoms with Crippen LogP contribution in [0.4, 0.5) is 4.79 Å². The Labute approximate surface area is 153 Å². The SMILES string of the molecule is CC(NC(=O)N1CCC(n2c(=O)[nH]c3ccccc32)CC1)C1CCCC1. The van der Waals surface area contributed by atoms with Gasteiger partial charge in [-0.25, -0.2) is 9.59 Å². The Kier molecular flexibility index (Phi) is 4.74. The molecule has 140 valence electrons. The van der Waals surface area contributed by atoms with E-state index in [-0.39, 0.29) is 23.8 Å². The van der Waals surface area contributed by atoms with E-state index in [0.29, 0.717) is 19.0 Å². The third-order valence-electron chi connectivity index (χ3n) is 6.20. The van der Waals surface area contributed by atoms with Crippen molar-refractivity contribution >= 4 is 17.1 Å². The van der Waals surface area contributed by atoms with Crippen LogP contribution < -0.4 is 11.0 Å². The van der Waals surface area contributed by atoms with Crippen LogP contribution in [0.15, 0.2) is 29.1 Å². The van der Waals surface area contributed by atoms with Gasteiger partial charge in [-0.05, 0) is 50.7 Å². The number of likely N-dealkylation sites (tertiary alicyclic amines) is 1. The van der Waals surface area contributed by atoms with Gasteiger partial charge in [0, 0.05) is 25.2 Å². The van der Waals surface area contributed by atoms with Crippen molar-refractivity contribution in [2.45, 2.75) is 57.5 Å². The number of urea groups is 1. The molecule has 6 nitrogen and oxygen atoms in total. The van der Waals surface area contributed by atoms with Gasteiger partial charge in [-0.3, -0.25) is 4.57 Å². The van der Waals surface area contributed by atoms with Crippen molar-refractivity contribution in [1.82, 2.24) is 19.8 Å². The molecule has 4 rings (SSSR count). The maximum Gasteiger partial charge on any atom is 0.326 e. The zero-order valence-corrected chi connectivity index (χ0v) is 15.4. The number of benzene rings is 1. The van der Waals surface area contributed by atoms with Crippen molar-refractivity contribution in [1.29, 1.82) is 0 Å². The van der Waals surface area contributed by atoms with Crippen molar-refractivity contribution < 1.29 is 4.79 Å². The molecule has 1 aliphatic carbocycles. The van der Waals surface area contributed by atoms with Gasteiger partial charge in [0.2, 0.25) is 0 Å². The minimum absolute atomic E-state index is 0.0501. The molecular formula is C20H28N4O2. The maximum atomic E-state index is 12.6. The molecule has 1 saturated carbocycles. The number of amides is 2. The van der Waals surface area contributed by atoms with Crippen LogP contribution in [-0.2, 0) is 0 Å². The average molecular weight is 356 g/mol. The Bertz CT molecular complexity index is 826. The molecule has 6 heteroatoms. The zero-order chi connectivity index (χ0) is 18.1. The number of aromatic amines is 1. The van der Waals surface area contributed by atoms with E-state index in [2.05, 4.69) is 17.2 Å². The van der Waals surface area contributed by atoms with E-state index in [1.54, 1.807) is 0 Å². The number of nitrogens with one attached hydrogen (secondary N) is 2. The predicted octanol–water partition coefficient (Wildman–Crippen LogP) is 3.25. The van der Waals surface area contributed by atoms with Crippen LogP contribution in [-0.4, -0.2) is 39.6 Å². The third kappa shape index (κ3) is 3.24. The monoisotopic (exact) mass is 356 g/mol. The molecule has 1 unspecified atom stereocenters. The summed E-state index contributed by atoms with van der Waals surface area (Å²) in [6, 6.07) is 8.25. The number of aromatic nitrogens is 2. The van der Waals surface area contributed by atoms with Gasteiger partial charge in [-0.15, -0.1) is 0 Å². The van der Waals surface area contributed by atoms with Crippen LogP contribution in [0.25, 0.3) is 11.0 Å². The standard InChI is InChI=1S/C20H28N4O2/c1-14(15-6-2-3-7-15)21-19(25)23-12-10-16(11-13-23)24-18-9-5-4-8-17(18)22-20(24)26/h4-5,8-9,14-16H,2-3,6-7,10-13H2,1H3,(H,21,25)(H,22,26). The molecule has 0 spiro atoms. The molecule has 1 atom stereocenters. The van der Waals surface area contributed by atoms with Crippen molar-refractivity contribution in [3.8, 4) is 0 Å². The topological polar surface area (TPSA) is 70.1 Å². The number of imidazole rings is 1. The van der Waals surface area contributed by atoms with Crippen LogP contribution in [0.3, 0.4) is 0 Å². The van der Waals surface area contributed by atoms with E-state index in [1.807, 2.05) is 33.7 Å². The molecule has 26 heavy (non-hydrogen) atoms. The van der Waals surface area contributed by atoms with Crippen molar-refractivity contribution in [2.24, 2.45) is 5.92 Å². The van der Waals surface area contributed by atoms with Crippen LogP contribution in [0.1, 0.15) is 51.5 Å². The molecule has 2 aliphatic rings. The van der Waals surface area contributed by atoms with Gasteiger partial charge in [0.15, 0.2) is 0 Å². The Morgan fingerprint density at radius 3 is 2.58 bits per heavy atom. The van der Waals surface area contributed by atoms with E-state index >= 15 is 0 Å². The molecule has 1 aromatic carbocycles. The number of hydrogen-bond donors (Lipinski definition) is 2. The fourth-order valence-electron chi connectivity index (χ4n) is 4.63. The van der Waals surface area contributed by atoms with Gasteiger partial charge in [0.1, 0.15) is 0 Å². The molecule has 1 saturated heterocycles. The van der Waals surface area contributed by atoms with Crippen LogP contribution >= 0.6 is 0 Å². The molecule has 1 aromatic heterocycles. The number of rotatable bonds is 3. The van der Waals surface area contributed by atoms with Gasteiger partial charge in [-0.2, -0.15) is 0 Å². The van der Waals surface area contributed by atoms with E-state index in [1.165, 1.54) is 25.7 Å². The first-order valence-electron chi connectivity index (χ1n) is 9.88. The third-order valence-corrected chi connectivity index (χ3v) is 6.20. The average Bonchev–Trinajstić information content (AvgIpc) is 3.29. The smallest absolute Gasteiger partial charge is 0.326 e. The predicted molar refractivity (Wildman–Crippen MR) is 102 cm³/mol. The summed E-state index contributed by atoms with van der Waals surface area (Å²) in [5.41, 5.74) is 1.78. The minimum Gasteiger partial charge on any atom is -0.335 e. The molecule has 2 fully saturated rings. The summed E-state index contributed by atoms with van der Waals surface area (Å²) in [7, 11) is 0. The van der Waals surface area contributed by atoms with E-state index < -0.39 is 0 Å². The zero-order valence-electron chi connectivity index (χ0n) is 15.4. The number of carbonyl (C=O) groups excluding carboxylic acids is 1. The first kappa shape index (κ1) is 17.2. The minimum atomic E-state index is -0.0519. The van der Waals surface area contributed by atoms with Crippen molar-refractivity contribution in [3.63, 3.8) is 0 Å². The summed E-state index contributed by atoms with van der Waals surface area (Å²) < 4.78 is 1.87. The van der Waals surface area contributed by atoms with Crippen molar-refractivity contribution in [2.75, 3.05) is 13.1 Å². The fraction of sp³-hybridized carbons (Fsp3) is 0.600. The van der Waals surface area contributed by atoms with E-state index in [9.17, 15) is 9.59 Å². The lowest BCUT2D eigenvalue weighted by Crippen LogP contribution is -2.49. The maximum absolute atomic E-state index is 12.6. The first-order valence-corrected chi connectivity index (χ1v) is 9.88. The highest BCUT2D eigenvalue weighted by atomic mass is 16.2. The van der Waals surface area contributed by atoms with Crippen LogP contribution in [0.5, 0.6) is 0 Å². The molecule has 1 aliphatic heterocycles. The summed E-state index contributed by atoms with van der Waals surface area (Å²) in [5, 5.41) is 3.19. The number of hydrogen-bond acceptors (Lipinski definition) is 2. The summed E-state index contributed by atoms with van der Waals surface area (Å²) in [5.74, 6) is 0.626. The molecule has 2 heterocycles. The summed E-state index contributed by atoms with van der Waals surface area (Å²) in [6.07, 6.45) is 6.66. The summed E-state index contributed by atoms with van der Waals surface area (Å²) in [4.78, 5) is 29.8. The van der Waals surface area contributed by atoms with Crippen LogP contribution in [0, 0.1) is 5.92 Å². The van der Waals surface area contributed by atoms with Gasteiger partial charge in [0.25, 0.3) is 0 Å². The lowest BCUT2D eigenvalue weighted by molar-refractivity contribution is 0.165. The Balaban J connectivity index is 1.38. The van der Waals surface area contributed by atoms with E-state index in [4.69, 9.17) is 0 Å². The Morgan fingerprint density at radius 2 is 1.85 bits per heavy atom. The number of piperidine rings is 1. The Hall–Kier alpha value is -2.24. The highest BCUT2D eigenvalue weighted by Gasteiger charge is 2.28. The number of para-hydroxylation sites is 2. The first-order chi connectivity index (χ1) is 12.6. The highest BCUT2D eigenvalue weighted by molar-refractivity contribution is 5.75. The lowest BCUT2D eigenvalue weighted by Gasteiger charge is -2.34. The summed E-state index contributed by atoms with van der Waals surface area (Å²) in [6.45, 7) is 3.52. The Morgan fingerprint density at radius 1 is 1.15 bits per heavy atom. The second kappa shape index (κ2) is 7.17. The van der Waals surface area contributed by atoms with Gasteiger partial charge < -0.3 is 15.2 Å². The molecule has 0 bridgehead atoms. The summed E-state index contributed by atoms with van der Waals surface area (Å²) >= 11 is 0. The van der Waals surface area contributed by atoms with E-state index in [0.717, 1.165) is 23.9 Å². The molecular weight excluding hydrogens is 328 g/mol. The number of fused-ring (bicyclic) bond motifs is 1. The number of nitrogens with zero attached hydrogens (tertiary/aromatic N) is 2. The number of H-pyrrole nitrogens is 1. The lowest BCUT2D eigenvalue weighted by atomic mass is 10.00. The second-order valence-electron chi connectivity index (χ2n) is 7.82.